The van der Waals surface area contributed by atoms with Crippen LogP contribution >= 0.6 is 0 Å². The molecule has 2 rings (SSSR count). The molecule has 0 aliphatic carbocycles. The van der Waals surface area contributed by atoms with Gasteiger partial charge in [0.25, 0.3) is 0 Å². The maximum atomic E-state index is 5.63. The summed E-state index contributed by atoms with van der Waals surface area (Å²) in [7, 11) is 1.67. The van der Waals surface area contributed by atoms with E-state index in [0.717, 1.165) is 22.8 Å². The number of aryl methyl sites for hydroxylation is 3. The number of hydrogen-bond acceptors (Lipinski definition) is 4. The van der Waals surface area contributed by atoms with Crippen molar-refractivity contribution in [1.29, 1.82) is 0 Å². The molecule has 1 aromatic carbocycles. The van der Waals surface area contributed by atoms with Crippen LogP contribution in [0.15, 0.2) is 16.5 Å². The molecule has 4 nitrogen and oxygen atoms in total. The van der Waals surface area contributed by atoms with Crippen molar-refractivity contribution in [3.63, 3.8) is 0 Å². The Morgan fingerprint density at radius 2 is 1.89 bits per heavy atom. The van der Waals surface area contributed by atoms with E-state index in [0.29, 0.717) is 18.9 Å². The smallest absolute Gasteiger partial charge is 0.196 e. The molecule has 0 saturated heterocycles. The highest BCUT2D eigenvalue weighted by atomic mass is 16.5. The van der Waals surface area contributed by atoms with E-state index in [4.69, 9.17) is 14.9 Å². The van der Waals surface area contributed by atoms with Crippen molar-refractivity contribution in [2.24, 2.45) is 5.73 Å². The van der Waals surface area contributed by atoms with E-state index >= 15 is 0 Å². The molecular formula is C15H20N2O2. The Morgan fingerprint density at radius 1 is 1.21 bits per heavy atom. The number of nitrogens with zero attached hydrogens (tertiary/aromatic N) is 1. The van der Waals surface area contributed by atoms with Gasteiger partial charge in [-0.05, 0) is 44.0 Å². The van der Waals surface area contributed by atoms with E-state index in [9.17, 15) is 0 Å². The van der Waals surface area contributed by atoms with Crippen LogP contribution < -0.4 is 10.5 Å². The molecule has 0 unspecified atom stereocenters. The number of ether oxygens (including phenoxy) is 1. The van der Waals surface area contributed by atoms with Gasteiger partial charge >= 0.3 is 0 Å². The number of methoxy groups -OCH3 is 1. The molecule has 0 bridgehead atoms. The molecule has 0 spiro atoms. The molecule has 0 aliphatic heterocycles. The second-order valence-electron chi connectivity index (χ2n) is 4.69. The van der Waals surface area contributed by atoms with Gasteiger partial charge in [-0.15, -0.1) is 0 Å². The van der Waals surface area contributed by atoms with Gasteiger partial charge in [0.1, 0.15) is 17.2 Å². The fourth-order valence-corrected chi connectivity index (χ4v) is 2.08. The molecule has 2 N–H and O–H groups in total. The van der Waals surface area contributed by atoms with Gasteiger partial charge in [-0.25, -0.2) is 4.98 Å². The minimum Gasteiger partial charge on any atom is -0.496 e. The van der Waals surface area contributed by atoms with E-state index in [1.165, 1.54) is 11.1 Å². The normalized spacial score (nSPS) is 10.8. The molecule has 0 amide bonds. The van der Waals surface area contributed by atoms with Crippen molar-refractivity contribution in [2.45, 2.75) is 27.2 Å². The third kappa shape index (κ3) is 2.63. The number of aromatic nitrogens is 1. The Kier molecular flexibility index (Phi) is 3.90. The minimum atomic E-state index is 0.531. The molecule has 19 heavy (non-hydrogen) atoms. The first-order valence-electron chi connectivity index (χ1n) is 6.38. The number of nitrogens with two attached hydrogens (primary N) is 1. The highest BCUT2D eigenvalue weighted by Crippen LogP contribution is 2.34. The summed E-state index contributed by atoms with van der Waals surface area (Å²) in [5.41, 5.74) is 9.74. The largest absolute Gasteiger partial charge is 0.496 e. The van der Waals surface area contributed by atoms with Crippen molar-refractivity contribution in [3.8, 4) is 17.0 Å². The van der Waals surface area contributed by atoms with Gasteiger partial charge in [-0.2, -0.15) is 0 Å². The first kappa shape index (κ1) is 13.6. The Hall–Kier alpha value is -1.81. The van der Waals surface area contributed by atoms with Crippen LogP contribution in [0.5, 0.6) is 5.75 Å². The van der Waals surface area contributed by atoms with Crippen molar-refractivity contribution in [1.82, 2.24) is 4.98 Å². The minimum absolute atomic E-state index is 0.531. The number of benzene rings is 1. The summed E-state index contributed by atoms with van der Waals surface area (Å²) in [4.78, 5) is 4.52. The van der Waals surface area contributed by atoms with Gasteiger partial charge in [0.15, 0.2) is 5.89 Å². The zero-order chi connectivity index (χ0) is 14.0. The third-order valence-corrected chi connectivity index (χ3v) is 3.27. The van der Waals surface area contributed by atoms with Crippen LogP contribution in [0.25, 0.3) is 11.3 Å². The van der Waals surface area contributed by atoms with Gasteiger partial charge in [-0.1, -0.05) is 0 Å². The Labute approximate surface area is 113 Å². The topological polar surface area (TPSA) is 61.3 Å². The zero-order valence-corrected chi connectivity index (χ0v) is 11.9. The van der Waals surface area contributed by atoms with Crippen LogP contribution in [0, 0.1) is 20.8 Å². The second-order valence-corrected chi connectivity index (χ2v) is 4.69. The molecule has 0 radical (unpaired) electrons. The maximum absolute atomic E-state index is 5.63. The summed E-state index contributed by atoms with van der Waals surface area (Å²) < 4.78 is 11.1. The summed E-state index contributed by atoms with van der Waals surface area (Å²) in [6, 6.07) is 4.12. The Bertz CT molecular complexity index is 588. The van der Waals surface area contributed by atoms with Gasteiger partial charge in [0, 0.05) is 18.5 Å². The van der Waals surface area contributed by atoms with Crippen molar-refractivity contribution >= 4 is 0 Å². The first-order chi connectivity index (χ1) is 9.06. The summed E-state index contributed by atoms with van der Waals surface area (Å²) in [6.45, 7) is 6.59. The van der Waals surface area contributed by atoms with Crippen LogP contribution in [0.2, 0.25) is 0 Å². The van der Waals surface area contributed by atoms with Gasteiger partial charge < -0.3 is 14.9 Å². The zero-order valence-electron chi connectivity index (χ0n) is 11.9. The molecule has 2 aromatic rings. The standard InChI is InChI=1S/C15H20N2O2/c1-9-7-12(13(18-4)8-10(9)2)15-11(3)19-14(17-15)5-6-16/h7-8H,5-6,16H2,1-4H3. The fourth-order valence-electron chi connectivity index (χ4n) is 2.08. The molecular weight excluding hydrogens is 240 g/mol. The van der Waals surface area contributed by atoms with E-state index in [-0.39, 0.29) is 0 Å². The molecule has 0 atom stereocenters. The first-order valence-corrected chi connectivity index (χ1v) is 6.38. The van der Waals surface area contributed by atoms with E-state index in [1.54, 1.807) is 7.11 Å². The predicted molar refractivity (Wildman–Crippen MR) is 75.5 cm³/mol. The van der Waals surface area contributed by atoms with Gasteiger partial charge in [-0.3, -0.25) is 0 Å². The molecule has 0 fully saturated rings. The van der Waals surface area contributed by atoms with Crippen molar-refractivity contribution < 1.29 is 9.15 Å². The van der Waals surface area contributed by atoms with Crippen LogP contribution in [-0.2, 0) is 6.42 Å². The molecule has 1 aromatic heterocycles. The highest BCUT2D eigenvalue weighted by molar-refractivity contribution is 5.70. The number of rotatable bonds is 4. The van der Waals surface area contributed by atoms with Crippen LogP contribution in [0.1, 0.15) is 22.8 Å². The number of oxazole rings is 1. The molecule has 4 heteroatoms. The summed E-state index contributed by atoms with van der Waals surface area (Å²) in [6.07, 6.45) is 0.647. The maximum Gasteiger partial charge on any atom is 0.196 e. The predicted octanol–water partition coefficient (Wildman–Crippen LogP) is 2.78. The Balaban J connectivity index is 2.54. The van der Waals surface area contributed by atoms with E-state index in [2.05, 4.69) is 24.9 Å². The van der Waals surface area contributed by atoms with E-state index in [1.807, 2.05) is 13.0 Å². The van der Waals surface area contributed by atoms with Gasteiger partial charge in [0.05, 0.1) is 7.11 Å². The quantitative estimate of drug-likeness (QED) is 0.918. The Morgan fingerprint density at radius 3 is 2.53 bits per heavy atom. The molecule has 0 aliphatic rings. The molecule has 102 valence electrons. The summed E-state index contributed by atoms with van der Waals surface area (Å²) in [5, 5.41) is 0. The van der Waals surface area contributed by atoms with E-state index < -0.39 is 0 Å². The lowest BCUT2D eigenvalue weighted by Gasteiger charge is -2.10. The van der Waals surface area contributed by atoms with Crippen LogP contribution in [0.4, 0.5) is 0 Å². The van der Waals surface area contributed by atoms with Crippen LogP contribution in [-0.4, -0.2) is 18.6 Å². The lowest BCUT2D eigenvalue weighted by Crippen LogP contribution is -2.02. The average molecular weight is 260 g/mol. The second kappa shape index (κ2) is 5.45. The summed E-state index contributed by atoms with van der Waals surface area (Å²) in [5.74, 6) is 2.29. The molecule has 0 saturated carbocycles. The number of hydrogen-bond donors (Lipinski definition) is 1. The fraction of sp³-hybridized carbons (Fsp3) is 0.400. The lowest BCUT2D eigenvalue weighted by molar-refractivity contribution is 0.415. The third-order valence-electron chi connectivity index (χ3n) is 3.27. The van der Waals surface area contributed by atoms with Crippen molar-refractivity contribution in [2.75, 3.05) is 13.7 Å². The van der Waals surface area contributed by atoms with Crippen LogP contribution in [0.3, 0.4) is 0 Å². The highest BCUT2D eigenvalue weighted by Gasteiger charge is 2.16. The lowest BCUT2D eigenvalue weighted by atomic mass is 10.0. The monoisotopic (exact) mass is 260 g/mol. The average Bonchev–Trinajstić information content (AvgIpc) is 2.73. The van der Waals surface area contributed by atoms with Crippen molar-refractivity contribution in [3.05, 3.63) is 34.9 Å². The SMILES string of the molecule is COc1cc(C)c(C)cc1-c1nc(CCN)oc1C. The van der Waals surface area contributed by atoms with Gasteiger partial charge in [0.2, 0.25) is 0 Å². The molecule has 1 heterocycles. The summed E-state index contributed by atoms with van der Waals surface area (Å²) >= 11 is 0.